The second-order valence-corrected chi connectivity index (χ2v) is 25.1. The molecule has 0 fully saturated rings. The predicted octanol–water partition coefficient (Wildman–Crippen LogP) is 16.2. The van der Waals surface area contributed by atoms with Gasteiger partial charge in [0.05, 0.1) is 0 Å². The van der Waals surface area contributed by atoms with Crippen LogP contribution in [0.4, 0.5) is 0 Å². The Bertz CT molecular complexity index is 3790. The SMILES string of the molecule is Cc1cc2c3c(c1)-c1cc(-c4c(C(C)C)cc(C(C)C)cc4C(C)C)c4cc5c6c(cc(-c7c(C(C)C)cc(C(C)C)cc7C(C)C)c7cc(c1c4c76)B3c1ccccc1-2)-c1cc(C)cc2c1B5c1ccccc1-2. The maximum Gasteiger partial charge on any atom is 0.244 e. The maximum atomic E-state index is 2.75. The van der Waals surface area contributed by atoms with E-state index in [1.807, 2.05) is 0 Å². The van der Waals surface area contributed by atoms with E-state index in [0.717, 1.165) is 0 Å². The quantitative estimate of drug-likeness (QED) is 0.105. The molecule has 362 valence electrons. The highest BCUT2D eigenvalue weighted by molar-refractivity contribution is 7.03. The van der Waals surface area contributed by atoms with Gasteiger partial charge in [0.2, 0.25) is 13.4 Å². The van der Waals surface area contributed by atoms with Crippen LogP contribution in [0, 0.1) is 13.8 Å². The molecule has 0 aliphatic carbocycles. The normalized spacial score (nSPS) is 13.7. The lowest BCUT2D eigenvalue weighted by Gasteiger charge is -2.34. The van der Waals surface area contributed by atoms with Gasteiger partial charge in [0, 0.05) is 0 Å². The Balaban J connectivity index is 1.28. The van der Waals surface area contributed by atoms with Gasteiger partial charge >= 0.3 is 0 Å². The van der Waals surface area contributed by atoms with Crippen LogP contribution in [0.15, 0.2) is 121 Å². The molecule has 0 radical (unpaired) electrons. The van der Waals surface area contributed by atoms with Crippen molar-refractivity contribution in [2.24, 2.45) is 0 Å². The Morgan fingerprint density at radius 2 is 0.608 bits per heavy atom. The van der Waals surface area contributed by atoms with Gasteiger partial charge < -0.3 is 0 Å². The maximum absolute atomic E-state index is 2.75. The first kappa shape index (κ1) is 45.9. The van der Waals surface area contributed by atoms with Crippen LogP contribution in [0.25, 0.3) is 99.1 Å². The molecule has 14 rings (SSSR count). The number of rotatable bonds is 8. The molecular formula is C72H68B2. The molecule has 0 N–H and O–H groups in total. The van der Waals surface area contributed by atoms with E-state index in [1.165, 1.54) is 176 Å². The molecule has 4 aliphatic rings. The van der Waals surface area contributed by atoms with Gasteiger partial charge in [0.15, 0.2) is 0 Å². The largest absolute Gasteiger partial charge is 0.244 e. The van der Waals surface area contributed by atoms with Gasteiger partial charge in [-0.15, -0.1) is 0 Å². The summed E-state index contributed by atoms with van der Waals surface area (Å²) in [6, 6.07) is 50.1. The average Bonchev–Trinajstić information content (AvgIpc) is 4.01. The molecule has 0 nitrogen and oxygen atoms in total. The highest BCUT2D eigenvalue weighted by Crippen LogP contribution is 2.54. The van der Waals surface area contributed by atoms with E-state index < -0.39 is 0 Å². The second kappa shape index (κ2) is 15.9. The topological polar surface area (TPSA) is 0 Å². The molecule has 10 aromatic carbocycles. The van der Waals surface area contributed by atoms with Gasteiger partial charge in [0.1, 0.15) is 0 Å². The van der Waals surface area contributed by atoms with Crippen molar-refractivity contribution in [2.75, 3.05) is 0 Å². The minimum Gasteiger partial charge on any atom is -0.0664 e. The summed E-state index contributed by atoms with van der Waals surface area (Å²) in [6.45, 7) is 33.9. The highest BCUT2D eigenvalue weighted by atomic mass is 14.4. The fraction of sp³-hybridized carbons (Fsp3) is 0.278. The van der Waals surface area contributed by atoms with Gasteiger partial charge in [-0.05, 0) is 205 Å². The van der Waals surface area contributed by atoms with Crippen molar-refractivity contribution in [1.82, 2.24) is 0 Å². The first-order valence-corrected chi connectivity index (χ1v) is 28.2. The van der Waals surface area contributed by atoms with Crippen molar-refractivity contribution in [3.8, 4) is 66.8 Å². The summed E-state index contributed by atoms with van der Waals surface area (Å²) in [5.74, 6) is 2.20. The van der Waals surface area contributed by atoms with Crippen LogP contribution in [0.3, 0.4) is 0 Å². The van der Waals surface area contributed by atoms with Crippen molar-refractivity contribution < 1.29 is 0 Å². The fourth-order valence-corrected chi connectivity index (χ4v) is 15.2. The Hall–Kier alpha value is -6.63. The van der Waals surface area contributed by atoms with E-state index in [-0.39, 0.29) is 13.4 Å². The molecule has 0 amide bonds. The molecule has 10 aromatic rings. The number of hydrogen-bond acceptors (Lipinski definition) is 0. The monoisotopic (exact) mass is 955 g/mol. The van der Waals surface area contributed by atoms with Gasteiger partial charge in [-0.3, -0.25) is 0 Å². The lowest BCUT2D eigenvalue weighted by atomic mass is 9.34. The predicted molar refractivity (Wildman–Crippen MR) is 326 cm³/mol. The summed E-state index contributed by atoms with van der Waals surface area (Å²) < 4.78 is 0. The second-order valence-electron chi connectivity index (χ2n) is 25.1. The van der Waals surface area contributed by atoms with Crippen molar-refractivity contribution >= 4 is 78.5 Å². The number of aryl methyl sites for hydroxylation is 2. The number of fused-ring (bicyclic) bond motifs is 10. The van der Waals surface area contributed by atoms with E-state index in [4.69, 9.17) is 0 Å². The fourth-order valence-electron chi connectivity index (χ4n) is 15.2. The van der Waals surface area contributed by atoms with E-state index in [2.05, 4.69) is 218 Å². The summed E-state index contributed by atoms with van der Waals surface area (Å²) in [7, 11) is 0. The zero-order valence-electron chi connectivity index (χ0n) is 46.2. The highest BCUT2D eigenvalue weighted by Gasteiger charge is 2.45. The summed E-state index contributed by atoms with van der Waals surface area (Å²) in [6.07, 6.45) is 0. The van der Waals surface area contributed by atoms with E-state index in [0.29, 0.717) is 35.5 Å². The van der Waals surface area contributed by atoms with E-state index in [9.17, 15) is 0 Å². The lowest BCUT2D eigenvalue weighted by Crippen LogP contribution is -2.53. The molecule has 2 heteroatoms. The van der Waals surface area contributed by atoms with Crippen molar-refractivity contribution in [3.05, 3.63) is 166 Å². The van der Waals surface area contributed by atoms with Crippen LogP contribution in [-0.4, -0.2) is 13.4 Å². The van der Waals surface area contributed by atoms with Gasteiger partial charge in [-0.25, -0.2) is 0 Å². The molecule has 0 bridgehead atoms. The zero-order valence-corrected chi connectivity index (χ0v) is 46.2. The third-order valence-electron chi connectivity index (χ3n) is 18.5. The van der Waals surface area contributed by atoms with Gasteiger partial charge in [-0.1, -0.05) is 225 Å². The van der Waals surface area contributed by atoms with Crippen LogP contribution in [0.2, 0.25) is 0 Å². The molecule has 0 saturated heterocycles. The third kappa shape index (κ3) is 6.06. The lowest BCUT2D eigenvalue weighted by molar-refractivity contribution is 0.807. The van der Waals surface area contributed by atoms with Crippen LogP contribution in [-0.2, 0) is 0 Å². The molecule has 0 atom stereocenters. The van der Waals surface area contributed by atoms with Crippen LogP contribution >= 0.6 is 0 Å². The molecule has 74 heavy (non-hydrogen) atoms. The minimum atomic E-state index is 0.134. The van der Waals surface area contributed by atoms with Gasteiger partial charge in [-0.2, -0.15) is 0 Å². The van der Waals surface area contributed by atoms with Crippen LogP contribution < -0.4 is 32.8 Å². The zero-order chi connectivity index (χ0) is 51.2. The van der Waals surface area contributed by atoms with Gasteiger partial charge in [0.25, 0.3) is 0 Å². The van der Waals surface area contributed by atoms with Crippen molar-refractivity contribution in [2.45, 2.75) is 132 Å². The third-order valence-corrected chi connectivity index (χ3v) is 18.5. The molecule has 0 aromatic heterocycles. The summed E-state index contributed by atoms with van der Waals surface area (Å²) >= 11 is 0. The summed E-state index contributed by atoms with van der Waals surface area (Å²) in [4.78, 5) is 0. The molecular weight excluding hydrogens is 886 g/mol. The smallest absolute Gasteiger partial charge is 0.0664 e. The standard InChI is InChI=1S/C72H68B2/c1-35(2)43-27-47(37(5)6)65(48(28-43)38(7)8)51-31-53-59-25-41(13)23-57-45-19-16-18-22-62(45)74(71(57)59)64-34-56-52(66-49(39(9)10)29-44(36(3)4)30-50(66)40(11)12)32-54-60-26-42(14)24-58-46-20-15-17-21-61(46)73(72(58)60)63-33-55(51)69(67(53)64)70(56)68(54)63/h15-40H,1-14H3. The minimum absolute atomic E-state index is 0.134. The van der Waals surface area contributed by atoms with Crippen molar-refractivity contribution in [3.63, 3.8) is 0 Å². The average molecular weight is 955 g/mol. The number of benzene rings is 10. The van der Waals surface area contributed by atoms with E-state index in [1.54, 1.807) is 0 Å². The van der Waals surface area contributed by atoms with Crippen molar-refractivity contribution in [1.29, 1.82) is 0 Å². The van der Waals surface area contributed by atoms with Crippen LogP contribution in [0.5, 0.6) is 0 Å². The molecule has 0 saturated carbocycles. The summed E-state index contributed by atoms with van der Waals surface area (Å²) in [5.41, 5.74) is 37.2. The Kier molecular flexibility index (Phi) is 9.90. The van der Waals surface area contributed by atoms with E-state index >= 15 is 0 Å². The first-order chi connectivity index (χ1) is 35.5. The Labute approximate surface area is 441 Å². The summed E-state index contributed by atoms with van der Waals surface area (Å²) in [5, 5.41) is 8.66. The molecule has 4 aliphatic heterocycles. The molecule has 0 spiro atoms. The Morgan fingerprint density at radius 3 is 0.932 bits per heavy atom. The molecule has 0 unspecified atom stereocenters. The van der Waals surface area contributed by atoms with Crippen LogP contribution in [0.1, 0.15) is 163 Å². The number of hydrogen-bond donors (Lipinski definition) is 0. The Morgan fingerprint density at radius 1 is 0.284 bits per heavy atom. The molecule has 4 heterocycles. The first-order valence-electron chi connectivity index (χ1n) is 28.2.